The molecule has 0 aliphatic rings. The molecule has 68 valence electrons. The molecule has 2 rings (SSSR count). The van der Waals surface area contributed by atoms with Crippen LogP contribution in [0.3, 0.4) is 0 Å². The van der Waals surface area contributed by atoms with Crippen LogP contribution in [0, 0.1) is 6.92 Å². The first-order valence-corrected chi connectivity index (χ1v) is 5.66. The van der Waals surface area contributed by atoms with Crippen molar-refractivity contribution in [3.05, 3.63) is 16.2 Å². The van der Waals surface area contributed by atoms with Crippen molar-refractivity contribution in [1.82, 2.24) is 15.0 Å². The van der Waals surface area contributed by atoms with Crippen LogP contribution in [-0.2, 0) is 0 Å². The fourth-order valence-electron chi connectivity index (χ4n) is 1.01. The monoisotopic (exact) mass is 213 g/mol. The molecule has 0 aliphatic heterocycles. The van der Waals surface area contributed by atoms with Gasteiger partial charge in [-0.25, -0.2) is 9.97 Å². The van der Waals surface area contributed by atoms with Crippen molar-refractivity contribution in [2.45, 2.75) is 11.3 Å². The van der Waals surface area contributed by atoms with E-state index in [4.69, 9.17) is 0 Å². The molecule has 6 heteroatoms. The lowest BCUT2D eigenvalue weighted by Crippen LogP contribution is -2.07. The van der Waals surface area contributed by atoms with Crippen LogP contribution in [-0.4, -0.2) is 21.2 Å². The standard InChI is InChI=1S/C7H7N3OS2/c1-3-8-5-4(6(11)9-3)13-7(10-5)12-2/h1-2H3,(H,8,9,11). The van der Waals surface area contributed by atoms with Crippen LogP contribution in [0.4, 0.5) is 0 Å². The minimum atomic E-state index is -0.0969. The number of aromatic nitrogens is 3. The molecule has 0 atom stereocenters. The van der Waals surface area contributed by atoms with E-state index in [1.54, 1.807) is 6.92 Å². The van der Waals surface area contributed by atoms with E-state index in [1.165, 1.54) is 23.1 Å². The molecule has 1 N–H and O–H groups in total. The highest BCUT2D eigenvalue weighted by molar-refractivity contribution is 8.00. The number of hydrogen-bond donors (Lipinski definition) is 1. The van der Waals surface area contributed by atoms with Gasteiger partial charge in [0, 0.05) is 0 Å². The lowest BCUT2D eigenvalue weighted by Gasteiger charge is -1.88. The Morgan fingerprint density at radius 2 is 2.23 bits per heavy atom. The van der Waals surface area contributed by atoms with Crippen LogP contribution in [0.15, 0.2) is 9.13 Å². The molecule has 0 bridgehead atoms. The fourth-order valence-corrected chi connectivity index (χ4v) is 2.41. The van der Waals surface area contributed by atoms with Gasteiger partial charge in [-0.1, -0.05) is 11.8 Å². The number of rotatable bonds is 1. The number of fused-ring (bicyclic) bond motifs is 1. The smallest absolute Gasteiger partial charge is 0.270 e. The van der Waals surface area contributed by atoms with Crippen LogP contribution in [0.5, 0.6) is 0 Å². The number of nitrogens with zero attached hydrogens (tertiary/aromatic N) is 2. The first-order valence-electron chi connectivity index (χ1n) is 3.62. The van der Waals surface area contributed by atoms with Gasteiger partial charge in [0.25, 0.3) is 5.56 Å². The summed E-state index contributed by atoms with van der Waals surface area (Å²) >= 11 is 2.90. The number of thioether (sulfide) groups is 1. The summed E-state index contributed by atoms with van der Waals surface area (Å²) in [5.74, 6) is 0.607. The van der Waals surface area contributed by atoms with Gasteiger partial charge in [0.15, 0.2) is 9.99 Å². The summed E-state index contributed by atoms with van der Waals surface area (Å²) in [7, 11) is 0. The van der Waals surface area contributed by atoms with Gasteiger partial charge >= 0.3 is 0 Å². The number of thiazole rings is 1. The maximum atomic E-state index is 11.4. The maximum Gasteiger partial charge on any atom is 0.270 e. The summed E-state index contributed by atoms with van der Waals surface area (Å²) in [5, 5.41) is 0. The second-order valence-electron chi connectivity index (χ2n) is 2.49. The normalized spacial score (nSPS) is 10.9. The van der Waals surface area contributed by atoms with Gasteiger partial charge in [0.2, 0.25) is 0 Å². The Bertz CT molecular complexity index is 502. The highest BCUT2D eigenvalue weighted by atomic mass is 32.2. The molecule has 0 radical (unpaired) electrons. The molecule has 4 nitrogen and oxygen atoms in total. The van der Waals surface area contributed by atoms with Crippen molar-refractivity contribution in [2.75, 3.05) is 6.26 Å². The third-order valence-electron chi connectivity index (χ3n) is 1.54. The van der Waals surface area contributed by atoms with Crippen molar-refractivity contribution in [2.24, 2.45) is 0 Å². The van der Waals surface area contributed by atoms with Crippen molar-refractivity contribution < 1.29 is 0 Å². The Morgan fingerprint density at radius 1 is 1.46 bits per heavy atom. The molecule has 13 heavy (non-hydrogen) atoms. The van der Waals surface area contributed by atoms with Gasteiger partial charge in [-0.05, 0) is 13.2 Å². The first-order chi connectivity index (χ1) is 6.20. The molecule has 0 saturated carbocycles. The largest absolute Gasteiger partial charge is 0.309 e. The van der Waals surface area contributed by atoms with Crippen LogP contribution in [0.25, 0.3) is 10.3 Å². The molecule has 2 aromatic heterocycles. The number of aromatic amines is 1. The second-order valence-corrected chi connectivity index (χ2v) is 4.54. The van der Waals surface area contributed by atoms with Crippen LogP contribution in [0.1, 0.15) is 5.82 Å². The van der Waals surface area contributed by atoms with E-state index in [0.717, 1.165) is 4.34 Å². The van der Waals surface area contributed by atoms with Crippen LogP contribution >= 0.6 is 23.1 Å². The van der Waals surface area contributed by atoms with E-state index in [-0.39, 0.29) is 5.56 Å². The zero-order valence-electron chi connectivity index (χ0n) is 7.12. The summed E-state index contributed by atoms with van der Waals surface area (Å²) in [6.45, 7) is 1.75. The SMILES string of the molecule is CSc1nc2nc(C)[nH]c(=O)c2s1. The first kappa shape index (κ1) is 8.71. The molecule has 0 amide bonds. The van der Waals surface area contributed by atoms with Crippen molar-refractivity contribution >= 4 is 33.4 Å². The summed E-state index contributed by atoms with van der Waals surface area (Å²) in [6, 6.07) is 0. The Morgan fingerprint density at radius 3 is 2.92 bits per heavy atom. The van der Waals surface area contributed by atoms with Gasteiger partial charge in [-0.2, -0.15) is 0 Å². The quantitative estimate of drug-likeness (QED) is 0.728. The van der Waals surface area contributed by atoms with Gasteiger partial charge in [0.1, 0.15) is 10.5 Å². The molecular formula is C7H7N3OS2. The zero-order valence-corrected chi connectivity index (χ0v) is 8.75. The molecule has 0 saturated heterocycles. The molecule has 0 aromatic carbocycles. The van der Waals surface area contributed by atoms with Gasteiger partial charge in [0.05, 0.1) is 0 Å². The Balaban J connectivity index is 2.83. The minimum absolute atomic E-state index is 0.0969. The van der Waals surface area contributed by atoms with Crippen LogP contribution in [0.2, 0.25) is 0 Å². The third-order valence-corrected chi connectivity index (χ3v) is 3.57. The molecule has 0 unspecified atom stereocenters. The van der Waals surface area contributed by atoms with Crippen molar-refractivity contribution in [3.8, 4) is 0 Å². The summed E-state index contributed by atoms with van der Waals surface area (Å²) in [5.41, 5.74) is 0.455. The van der Waals surface area contributed by atoms with E-state index in [1.807, 2.05) is 6.26 Å². The van der Waals surface area contributed by atoms with Gasteiger partial charge in [-0.3, -0.25) is 4.79 Å². The van der Waals surface area contributed by atoms with Crippen molar-refractivity contribution in [3.63, 3.8) is 0 Å². The lowest BCUT2D eigenvalue weighted by atomic mass is 10.5. The molecular weight excluding hydrogens is 206 g/mol. The number of H-pyrrole nitrogens is 1. The van der Waals surface area contributed by atoms with Gasteiger partial charge < -0.3 is 4.98 Å². The van der Waals surface area contributed by atoms with Crippen molar-refractivity contribution in [1.29, 1.82) is 0 Å². The lowest BCUT2D eigenvalue weighted by molar-refractivity contribution is 1.04. The molecule has 0 spiro atoms. The highest BCUT2D eigenvalue weighted by Crippen LogP contribution is 2.23. The molecule has 2 heterocycles. The van der Waals surface area contributed by atoms with E-state index < -0.39 is 0 Å². The number of nitrogens with one attached hydrogen (secondary N) is 1. The summed E-state index contributed by atoms with van der Waals surface area (Å²) in [6.07, 6.45) is 1.93. The summed E-state index contributed by atoms with van der Waals surface area (Å²) in [4.78, 5) is 22.4. The van der Waals surface area contributed by atoms with E-state index >= 15 is 0 Å². The zero-order chi connectivity index (χ0) is 9.42. The second kappa shape index (κ2) is 3.12. The third kappa shape index (κ3) is 1.47. The average Bonchev–Trinajstić information content (AvgIpc) is 2.47. The molecule has 0 aliphatic carbocycles. The van der Waals surface area contributed by atoms with E-state index in [9.17, 15) is 4.79 Å². The Hall–Kier alpha value is -0.880. The number of aryl methyl sites for hydroxylation is 1. The minimum Gasteiger partial charge on any atom is -0.309 e. The molecule has 2 aromatic rings. The average molecular weight is 213 g/mol. The predicted octanol–water partition coefficient (Wildman–Crippen LogP) is 1.41. The fraction of sp³-hybridized carbons (Fsp3) is 0.286. The highest BCUT2D eigenvalue weighted by Gasteiger charge is 2.07. The van der Waals surface area contributed by atoms with Crippen LogP contribution < -0.4 is 5.56 Å². The number of hydrogen-bond acceptors (Lipinski definition) is 5. The Kier molecular flexibility index (Phi) is 2.09. The maximum absolute atomic E-state index is 11.4. The summed E-state index contributed by atoms with van der Waals surface area (Å²) < 4.78 is 1.48. The topological polar surface area (TPSA) is 58.6 Å². The van der Waals surface area contributed by atoms with Gasteiger partial charge in [-0.15, -0.1) is 11.3 Å². The Labute approximate surface area is 82.4 Å². The predicted molar refractivity (Wildman–Crippen MR) is 54.6 cm³/mol. The van der Waals surface area contributed by atoms with E-state index in [0.29, 0.717) is 16.2 Å². The van der Waals surface area contributed by atoms with E-state index in [2.05, 4.69) is 15.0 Å². The molecule has 0 fully saturated rings.